The molecule has 1 N–H and O–H groups in total. The quantitative estimate of drug-likeness (QED) is 0.321. The first kappa shape index (κ1) is 27.0. The van der Waals surface area contributed by atoms with Gasteiger partial charge in [-0.3, -0.25) is 10.3 Å². The number of aliphatic imine (C=N–C) groups is 1. The summed E-state index contributed by atoms with van der Waals surface area (Å²) in [5.41, 5.74) is 7.96. The Morgan fingerprint density at radius 2 is 1.85 bits per heavy atom. The molecule has 230 valence electrons. The summed E-state index contributed by atoms with van der Waals surface area (Å²) in [6, 6.07) is 18.7. The van der Waals surface area contributed by atoms with E-state index in [1.807, 2.05) is 0 Å². The van der Waals surface area contributed by atoms with Crippen LogP contribution in [0.3, 0.4) is 0 Å². The number of fused-ring (bicyclic) bond motifs is 10. The average molecular weight is 604 g/mol. The van der Waals surface area contributed by atoms with E-state index in [2.05, 4.69) is 126 Å². The molecule has 3 aliphatic heterocycles. The topological polar surface area (TPSA) is 40.8 Å². The zero-order chi connectivity index (χ0) is 30.4. The highest BCUT2D eigenvalue weighted by atomic mass is 16.3. The Kier molecular flexibility index (Phi) is 6.13. The number of amidine groups is 1. The Balaban J connectivity index is 1.21. The van der Waals surface area contributed by atoms with Crippen LogP contribution in [0.4, 0.5) is 0 Å². The van der Waals surface area contributed by atoms with Crippen LogP contribution >= 0.6 is 0 Å². The molecule has 4 nitrogen and oxygen atoms in total. The van der Waals surface area contributed by atoms with Gasteiger partial charge in [0.15, 0.2) is 0 Å². The third-order valence-corrected chi connectivity index (χ3v) is 12.0. The van der Waals surface area contributed by atoms with Crippen molar-refractivity contribution in [3.05, 3.63) is 124 Å². The van der Waals surface area contributed by atoms with E-state index in [-0.39, 0.29) is 24.0 Å². The first-order chi connectivity index (χ1) is 22.7. The van der Waals surface area contributed by atoms with Gasteiger partial charge in [0.05, 0.1) is 18.0 Å². The number of rotatable bonds is 2. The maximum absolute atomic E-state index is 6.40. The van der Waals surface area contributed by atoms with Gasteiger partial charge in [0, 0.05) is 34.4 Å². The summed E-state index contributed by atoms with van der Waals surface area (Å²) in [6.07, 6.45) is 29.7. The van der Waals surface area contributed by atoms with Crippen LogP contribution in [0.25, 0.3) is 28.7 Å². The lowest BCUT2D eigenvalue weighted by Gasteiger charge is -2.53. The van der Waals surface area contributed by atoms with Crippen LogP contribution in [0.15, 0.2) is 112 Å². The van der Waals surface area contributed by atoms with E-state index in [0.717, 1.165) is 17.4 Å². The Bertz CT molecular complexity index is 2050. The van der Waals surface area contributed by atoms with Crippen molar-refractivity contribution in [1.82, 2.24) is 10.2 Å². The van der Waals surface area contributed by atoms with E-state index < -0.39 is 0 Å². The van der Waals surface area contributed by atoms with E-state index in [9.17, 15) is 0 Å². The molecule has 0 radical (unpaired) electrons. The molecule has 4 heteroatoms. The molecule has 0 amide bonds. The number of nitrogens with one attached hydrogen (secondary N) is 1. The first-order valence-corrected chi connectivity index (χ1v) is 17.6. The lowest BCUT2D eigenvalue weighted by molar-refractivity contribution is 0.179. The molecule has 0 saturated carbocycles. The summed E-state index contributed by atoms with van der Waals surface area (Å²) in [4.78, 5) is 8.73. The Hall–Kier alpha value is -4.15. The molecule has 3 aromatic rings. The van der Waals surface area contributed by atoms with Gasteiger partial charge < -0.3 is 9.32 Å². The fourth-order valence-corrected chi connectivity index (χ4v) is 9.94. The van der Waals surface area contributed by atoms with Crippen LogP contribution in [0.1, 0.15) is 56.1 Å². The summed E-state index contributed by atoms with van der Waals surface area (Å²) < 4.78 is 6.40. The molecular formula is C42H41N3O. The van der Waals surface area contributed by atoms with Gasteiger partial charge in [-0.05, 0) is 66.9 Å². The summed E-state index contributed by atoms with van der Waals surface area (Å²) >= 11 is 0. The molecule has 9 atom stereocenters. The molecule has 10 rings (SSSR count). The largest absolute Gasteiger partial charge is 0.456 e. The second kappa shape index (κ2) is 10.4. The van der Waals surface area contributed by atoms with Gasteiger partial charge >= 0.3 is 0 Å². The summed E-state index contributed by atoms with van der Waals surface area (Å²) in [7, 11) is 0. The standard InChI is InChI=1S/C42H41N3O/c1-25-22-37-34(30-17-8-10-21-36(30)46-37)24-33(25)39-38-31-18-7-6-16-29(31)32-19-11-15-28-23-27-14-5-9-20-35(27)45(40(28)32)42(38)44-41(43-39)26-12-3-2-4-13-26/h2-4,6-8,10-12,14-19,21-22,24-26,28,33,35,38-41,43H,5,9,13,20,23H2,1H3. The van der Waals surface area contributed by atoms with Gasteiger partial charge in [-0.2, -0.15) is 0 Å². The van der Waals surface area contributed by atoms with E-state index in [4.69, 9.17) is 9.41 Å². The smallest absolute Gasteiger partial charge is 0.135 e. The van der Waals surface area contributed by atoms with Crippen LogP contribution in [0.2, 0.25) is 0 Å². The highest BCUT2D eigenvalue weighted by Gasteiger charge is 2.52. The fraction of sp³-hybridized carbons (Fsp3) is 0.357. The maximum Gasteiger partial charge on any atom is 0.135 e. The molecule has 1 saturated heterocycles. The zero-order valence-corrected chi connectivity index (χ0v) is 26.4. The minimum Gasteiger partial charge on any atom is -0.456 e. The van der Waals surface area contributed by atoms with Crippen LogP contribution in [0.5, 0.6) is 0 Å². The van der Waals surface area contributed by atoms with Crippen molar-refractivity contribution in [3.8, 4) is 0 Å². The molecule has 1 fully saturated rings. The van der Waals surface area contributed by atoms with Crippen molar-refractivity contribution in [1.29, 1.82) is 0 Å². The first-order valence-electron chi connectivity index (χ1n) is 17.6. The van der Waals surface area contributed by atoms with Crippen molar-refractivity contribution in [2.45, 2.75) is 69.2 Å². The van der Waals surface area contributed by atoms with Gasteiger partial charge in [-0.1, -0.05) is 110 Å². The predicted octanol–water partition coefficient (Wildman–Crippen LogP) is 7.01. The van der Waals surface area contributed by atoms with Gasteiger partial charge in [-0.25, -0.2) is 0 Å². The van der Waals surface area contributed by atoms with Crippen LogP contribution in [0, 0.1) is 23.7 Å². The van der Waals surface area contributed by atoms with Crippen molar-refractivity contribution in [2.24, 2.45) is 28.7 Å². The highest BCUT2D eigenvalue weighted by Crippen LogP contribution is 2.51. The van der Waals surface area contributed by atoms with Crippen molar-refractivity contribution >= 4 is 34.5 Å². The molecule has 46 heavy (non-hydrogen) atoms. The summed E-state index contributed by atoms with van der Waals surface area (Å²) in [5.74, 6) is 2.84. The minimum atomic E-state index is 0.0220. The Labute approximate surface area is 271 Å². The second-order valence-corrected chi connectivity index (χ2v) is 14.5. The third kappa shape index (κ3) is 3.99. The molecule has 4 aliphatic carbocycles. The van der Waals surface area contributed by atoms with Crippen LogP contribution < -0.4 is 16.0 Å². The van der Waals surface area contributed by atoms with Crippen molar-refractivity contribution < 1.29 is 4.42 Å². The summed E-state index contributed by atoms with van der Waals surface area (Å²) in [6.45, 7) is 2.39. The van der Waals surface area contributed by atoms with Gasteiger partial charge in [0.1, 0.15) is 23.0 Å². The van der Waals surface area contributed by atoms with E-state index >= 15 is 0 Å². The molecule has 2 aromatic carbocycles. The van der Waals surface area contributed by atoms with Crippen LogP contribution in [-0.2, 0) is 0 Å². The molecule has 9 unspecified atom stereocenters. The van der Waals surface area contributed by atoms with Crippen molar-refractivity contribution in [2.75, 3.05) is 0 Å². The predicted molar refractivity (Wildman–Crippen MR) is 187 cm³/mol. The zero-order valence-electron chi connectivity index (χ0n) is 26.4. The van der Waals surface area contributed by atoms with Crippen LogP contribution in [-0.4, -0.2) is 35.0 Å². The monoisotopic (exact) mass is 603 g/mol. The third-order valence-electron chi connectivity index (χ3n) is 12.0. The normalized spacial score (nSPS) is 35.2. The van der Waals surface area contributed by atoms with Gasteiger partial charge in [0.25, 0.3) is 0 Å². The Morgan fingerprint density at radius 1 is 0.957 bits per heavy atom. The van der Waals surface area contributed by atoms with Gasteiger partial charge in [-0.15, -0.1) is 0 Å². The number of hydrogen-bond donors (Lipinski definition) is 1. The number of furan rings is 1. The Morgan fingerprint density at radius 3 is 2.78 bits per heavy atom. The van der Waals surface area contributed by atoms with Gasteiger partial charge in [0.2, 0.25) is 0 Å². The lowest BCUT2D eigenvalue weighted by Crippen LogP contribution is -2.62. The lowest BCUT2D eigenvalue weighted by atomic mass is 9.72. The molecular weight excluding hydrogens is 562 g/mol. The average Bonchev–Trinajstić information content (AvgIpc) is 3.40. The number of benzene rings is 2. The summed E-state index contributed by atoms with van der Waals surface area (Å²) in [5, 5.41) is 6.72. The van der Waals surface area contributed by atoms with Crippen molar-refractivity contribution in [3.63, 3.8) is 0 Å². The SMILES string of the molecule is CC1C=c2oc3ccccc3c2=CC1C1NC(C2C=CC=CC2)N=C2C1c1ccccc1C1=CC=CC3CC4=CCCCC4N2C13. The van der Waals surface area contributed by atoms with E-state index in [0.29, 0.717) is 29.8 Å². The highest BCUT2D eigenvalue weighted by molar-refractivity contribution is 5.98. The number of para-hydroxylation sites is 1. The number of piperidine rings is 1. The number of nitrogens with zero attached hydrogens (tertiary/aromatic N) is 2. The molecule has 7 aliphatic rings. The second-order valence-electron chi connectivity index (χ2n) is 14.5. The number of allylic oxidation sites excluding steroid dienone is 6. The fourth-order valence-electron chi connectivity index (χ4n) is 9.94. The van der Waals surface area contributed by atoms with E-state index in [1.54, 1.807) is 5.57 Å². The van der Waals surface area contributed by atoms with E-state index in [1.165, 1.54) is 58.8 Å². The molecule has 0 spiro atoms. The molecule has 0 bridgehead atoms. The molecule has 1 aromatic heterocycles. The number of hydrogen-bond acceptors (Lipinski definition) is 4. The molecule has 4 heterocycles. The maximum atomic E-state index is 6.40. The minimum absolute atomic E-state index is 0.0220.